The third kappa shape index (κ3) is 2.04. The number of fused-ring (bicyclic) bond motifs is 1. The highest BCUT2D eigenvalue weighted by atomic mass is 16.6. The van der Waals surface area contributed by atoms with Crippen LogP contribution in [-0.4, -0.2) is 45.4 Å². The van der Waals surface area contributed by atoms with E-state index in [-0.39, 0.29) is 35.4 Å². The Hall–Kier alpha value is -1.66. The fourth-order valence-corrected chi connectivity index (χ4v) is 4.71. The Balaban J connectivity index is 1.93. The Kier molecular flexibility index (Phi) is 3.48. The minimum atomic E-state index is -1.15. The maximum atomic E-state index is 12.7. The van der Waals surface area contributed by atoms with Crippen molar-refractivity contribution in [3.05, 3.63) is 23.5 Å². The van der Waals surface area contributed by atoms with Gasteiger partial charge in [0, 0.05) is 18.8 Å². The van der Waals surface area contributed by atoms with E-state index in [2.05, 4.69) is 0 Å². The van der Waals surface area contributed by atoms with Gasteiger partial charge in [-0.15, -0.1) is 0 Å². The van der Waals surface area contributed by atoms with E-state index < -0.39 is 35.3 Å². The molecule has 136 valence electrons. The second-order valence-electron chi connectivity index (χ2n) is 8.16. The van der Waals surface area contributed by atoms with Crippen LogP contribution in [-0.2, 0) is 19.1 Å². The van der Waals surface area contributed by atoms with Crippen LogP contribution < -0.4 is 0 Å². The summed E-state index contributed by atoms with van der Waals surface area (Å²) in [5.41, 5.74) is -2.06. The van der Waals surface area contributed by atoms with Crippen molar-refractivity contribution < 1.29 is 29.3 Å². The van der Waals surface area contributed by atoms with E-state index in [4.69, 9.17) is 9.47 Å². The lowest BCUT2D eigenvalue weighted by Crippen LogP contribution is -2.69. The van der Waals surface area contributed by atoms with Gasteiger partial charge in [0.25, 0.3) is 0 Å². The fourth-order valence-electron chi connectivity index (χ4n) is 4.71. The molecule has 6 nitrogen and oxygen atoms in total. The van der Waals surface area contributed by atoms with Crippen LogP contribution in [0.3, 0.4) is 0 Å². The Morgan fingerprint density at radius 3 is 2.60 bits per heavy atom. The summed E-state index contributed by atoms with van der Waals surface area (Å²) in [5.74, 6) is -1.40. The number of rotatable bonds is 0. The molecule has 3 heterocycles. The number of esters is 1. The first-order valence-corrected chi connectivity index (χ1v) is 8.95. The zero-order valence-corrected chi connectivity index (χ0v) is 14.7. The monoisotopic (exact) mass is 348 g/mol. The van der Waals surface area contributed by atoms with Crippen molar-refractivity contribution in [3.63, 3.8) is 0 Å². The Labute approximate surface area is 146 Å². The normalized spacial score (nSPS) is 50.2. The molecule has 5 bridgehead atoms. The molecule has 1 saturated carbocycles. The van der Waals surface area contributed by atoms with Gasteiger partial charge in [-0.3, -0.25) is 4.79 Å². The van der Waals surface area contributed by atoms with Crippen molar-refractivity contribution in [1.82, 2.24) is 0 Å². The zero-order chi connectivity index (χ0) is 18.1. The highest BCUT2D eigenvalue weighted by Gasteiger charge is 2.70. The Bertz CT molecular complexity index is 709. The molecule has 0 radical (unpaired) electrons. The summed E-state index contributed by atoms with van der Waals surface area (Å²) < 4.78 is 11.8. The van der Waals surface area contributed by atoms with Crippen LogP contribution in [0.5, 0.6) is 0 Å². The molecule has 7 atom stereocenters. The molecule has 6 heteroatoms. The lowest BCUT2D eigenvalue weighted by molar-refractivity contribution is -0.262. The summed E-state index contributed by atoms with van der Waals surface area (Å²) in [4.78, 5) is 25.2. The maximum absolute atomic E-state index is 12.7. The summed E-state index contributed by atoms with van der Waals surface area (Å²) in [6, 6.07) is 0. The molecule has 5 aliphatic rings. The van der Waals surface area contributed by atoms with Gasteiger partial charge < -0.3 is 19.7 Å². The van der Waals surface area contributed by atoms with Crippen molar-refractivity contribution in [2.24, 2.45) is 17.8 Å². The van der Waals surface area contributed by atoms with Gasteiger partial charge in [0.15, 0.2) is 17.1 Å². The minimum absolute atomic E-state index is 0.00739. The molecule has 1 spiro atoms. The number of carbonyl (C=O) groups is 2. The number of hydrogen-bond donors (Lipinski definition) is 2. The van der Waals surface area contributed by atoms with E-state index in [1.54, 1.807) is 12.2 Å². The molecule has 0 aromatic carbocycles. The predicted molar refractivity (Wildman–Crippen MR) is 87.2 cm³/mol. The van der Waals surface area contributed by atoms with E-state index in [0.717, 1.165) is 0 Å². The number of carbonyl (C=O) groups excluding carboxylic acids is 2. The summed E-state index contributed by atoms with van der Waals surface area (Å²) in [7, 11) is 0. The summed E-state index contributed by atoms with van der Waals surface area (Å²) in [6.45, 7) is 5.62. The van der Waals surface area contributed by atoms with Crippen LogP contribution in [0.4, 0.5) is 0 Å². The zero-order valence-electron chi connectivity index (χ0n) is 14.7. The number of aliphatic hydroxyl groups excluding tert-OH is 2. The van der Waals surface area contributed by atoms with Crippen molar-refractivity contribution in [3.8, 4) is 0 Å². The van der Waals surface area contributed by atoms with Gasteiger partial charge in [0.05, 0.1) is 12.0 Å². The SMILES string of the molecule is C[C@@H]1CCC(=O)C2=C3O[C@@]4(C)[C@H](C)C[C@@]3(OC2=O)[C@H](/C=C/[C@H]1O)[C@H]4O. The first-order chi connectivity index (χ1) is 11.7. The Morgan fingerprint density at radius 1 is 1.16 bits per heavy atom. The van der Waals surface area contributed by atoms with E-state index in [1.165, 1.54) is 0 Å². The van der Waals surface area contributed by atoms with Gasteiger partial charge in [-0.25, -0.2) is 4.79 Å². The standard InChI is InChI=1S/C19H24O6/c1-9-4-6-13(21)14-16-19(25-17(14)23)8-10(2)18(3,24-16)15(22)11(19)5-7-12(9)20/h5,7,9-12,15,20,22H,4,6,8H2,1-3H3/b7-5+/t9-,10-,11-,12-,15-,18+,19-/m1/s1. The first-order valence-electron chi connectivity index (χ1n) is 8.95. The third-order valence-electron chi connectivity index (χ3n) is 6.67. The molecular weight excluding hydrogens is 324 g/mol. The van der Waals surface area contributed by atoms with Gasteiger partial charge in [0.2, 0.25) is 0 Å². The van der Waals surface area contributed by atoms with Gasteiger partial charge in [-0.1, -0.05) is 26.0 Å². The predicted octanol–water partition coefficient (Wildman–Crippen LogP) is 1.26. The Morgan fingerprint density at radius 2 is 1.88 bits per heavy atom. The van der Waals surface area contributed by atoms with Crippen LogP contribution in [0, 0.1) is 17.8 Å². The molecule has 0 amide bonds. The molecule has 25 heavy (non-hydrogen) atoms. The number of ether oxygens (including phenoxy) is 2. The largest absolute Gasteiger partial charge is 0.484 e. The molecule has 2 aliphatic carbocycles. The highest BCUT2D eigenvalue weighted by molar-refractivity contribution is 6.19. The van der Waals surface area contributed by atoms with Crippen LogP contribution >= 0.6 is 0 Å². The number of aliphatic hydroxyl groups is 2. The maximum Gasteiger partial charge on any atom is 0.346 e. The lowest BCUT2D eigenvalue weighted by atomic mass is 9.59. The topological polar surface area (TPSA) is 93.1 Å². The number of ketones is 1. The molecule has 0 aromatic rings. The van der Waals surface area contributed by atoms with Crippen molar-refractivity contribution in [1.29, 1.82) is 0 Å². The van der Waals surface area contributed by atoms with Crippen molar-refractivity contribution in [2.45, 2.75) is 63.4 Å². The second-order valence-corrected chi connectivity index (χ2v) is 8.16. The van der Waals surface area contributed by atoms with E-state index in [1.807, 2.05) is 20.8 Å². The van der Waals surface area contributed by atoms with E-state index in [0.29, 0.717) is 12.8 Å². The molecule has 0 aromatic heterocycles. The summed E-state index contributed by atoms with van der Waals surface area (Å²) >= 11 is 0. The van der Waals surface area contributed by atoms with Crippen LogP contribution in [0.15, 0.2) is 23.5 Å². The molecule has 3 fully saturated rings. The van der Waals surface area contributed by atoms with Gasteiger partial charge in [-0.05, 0) is 19.3 Å². The highest BCUT2D eigenvalue weighted by Crippen LogP contribution is 2.60. The molecule has 3 aliphatic heterocycles. The fraction of sp³-hybridized carbons (Fsp3) is 0.684. The minimum Gasteiger partial charge on any atom is -0.484 e. The van der Waals surface area contributed by atoms with Crippen molar-refractivity contribution >= 4 is 11.8 Å². The number of hydrogen-bond acceptors (Lipinski definition) is 6. The van der Waals surface area contributed by atoms with E-state index in [9.17, 15) is 19.8 Å². The summed E-state index contributed by atoms with van der Waals surface area (Å²) in [5, 5.41) is 21.3. The van der Waals surface area contributed by atoms with Gasteiger partial charge >= 0.3 is 5.97 Å². The van der Waals surface area contributed by atoms with Crippen molar-refractivity contribution in [2.75, 3.05) is 0 Å². The number of Topliss-reactive ketones (excluding diaryl/α,β-unsaturated/α-hetero) is 1. The second kappa shape index (κ2) is 5.17. The molecule has 2 saturated heterocycles. The first kappa shape index (κ1) is 16.8. The molecule has 0 unspecified atom stereocenters. The quantitative estimate of drug-likeness (QED) is 0.389. The van der Waals surface area contributed by atoms with Gasteiger partial charge in [0.1, 0.15) is 17.3 Å². The lowest BCUT2D eigenvalue weighted by Gasteiger charge is -2.59. The summed E-state index contributed by atoms with van der Waals surface area (Å²) in [6.07, 6.45) is 2.87. The average molecular weight is 348 g/mol. The smallest absolute Gasteiger partial charge is 0.346 e. The molecular formula is C19H24O6. The van der Waals surface area contributed by atoms with Gasteiger partial charge in [-0.2, -0.15) is 0 Å². The van der Waals surface area contributed by atoms with Crippen LogP contribution in [0.2, 0.25) is 0 Å². The van der Waals surface area contributed by atoms with E-state index >= 15 is 0 Å². The molecule has 2 N–H and O–H groups in total. The third-order valence-corrected chi connectivity index (χ3v) is 6.67. The van der Waals surface area contributed by atoms with Crippen LogP contribution in [0.1, 0.15) is 40.0 Å². The van der Waals surface area contributed by atoms with Crippen LogP contribution in [0.25, 0.3) is 0 Å². The average Bonchev–Trinajstić information content (AvgIpc) is 2.82. The molecule has 5 rings (SSSR count).